The summed E-state index contributed by atoms with van der Waals surface area (Å²) in [5.74, 6) is 0.780. The van der Waals surface area contributed by atoms with Gasteiger partial charge >= 0.3 is 0 Å². The van der Waals surface area contributed by atoms with Crippen LogP contribution in [0.25, 0.3) is 0 Å². The van der Waals surface area contributed by atoms with Gasteiger partial charge in [0, 0.05) is 13.6 Å². The number of nitrogens with zero attached hydrogens (tertiary/aromatic N) is 1. The summed E-state index contributed by atoms with van der Waals surface area (Å²) in [7, 11) is 1.91. The monoisotopic (exact) mass is 248 g/mol. The average Bonchev–Trinajstić information content (AvgIpc) is 2.16. The number of halogens is 1. The van der Waals surface area contributed by atoms with E-state index >= 15 is 0 Å². The lowest BCUT2D eigenvalue weighted by Gasteiger charge is -2.37. The summed E-state index contributed by atoms with van der Waals surface area (Å²) in [5.41, 5.74) is -0.318. The van der Waals surface area contributed by atoms with E-state index in [2.05, 4.69) is 19.2 Å². The Hall–Kier alpha value is -0.280. The number of carbonyl (C=O) groups is 1. The Labute approximate surface area is 105 Å². The molecule has 1 unspecified atom stereocenters. The van der Waals surface area contributed by atoms with Crippen LogP contribution < -0.4 is 5.32 Å². The lowest BCUT2D eigenvalue weighted by atomic mass is 9.89. The second-order valence-corrected chi connectivity index (χ2v) is 5.30. The van der Waals surface area contributed by atoms with Gasteiger partial charge in [0.1, 0.15) is 0 Å². The van der Waals surface area contributed by atoms with Crippen LogP contribution in [-0.2, 0) is 4.79 Å². The van der Waals surface area contributed by atoms with Gasteiger partial charge in [0.05, 0.1) is 5.54 Å². The molecule has 4 heteroatoms. The number of piperidine rings is 1. The second-order valence-electron chi connectivity index (χ2n) is 5.30. The van der Waals surface area contributed by atoms with Gasteiger partial charge in [-0.3, -0.25) is 4.79 Å². The molecule has 1 fully saturated rings. The molecule has 0 aromatic rings. The summed E-state index contributed by atoms with van der Waals surface area (Å²) in [6, 6.07) is 0. The van der Waals surface area contributed by atoms with Crippen molar-refractivity contribution in [2.75, 3.05) is 20.1 Å². The molecule has 1 aliphatic rings. The number of amides is 1. The van der Waals surface area contributed by atoms with Gasteiger partial charge in [0.25, 0.3) is 0 Å². The van der Waals surface area contributed by atoms with Crippen molar-refractivity contribution in [2.24, 2.45) is 5.92 Å². The van der Waals surface area contributed by atoms with E-state index in [4.69, 9.17) is 0 Å². The number of hydrogen-bond acceptors (Lipinski definition) is 2. The maximum absolute atomic E-state index is 12.2. The number of carbonyl (C=O) groups excluding carboxylic acids is 1. The summed E-state index contributed by atoms with van der Waals surface area (Å²) in [5, 5.41) is 3.36. The van der Waals surface area contributed by atoms with Crippen molar-refractivity contribution >= 4 is 18.3 Å². The second kappa shape index (κ2) is 6.45. The van der Waals surface area contributed by atoms with E-state index in [-0.39, 0.29) is 23.9 Å². The lowest BCUT2D eigenvalue weighted by Crippen LogP contribution is -2.57. The third-order valence-corrected chi connectivity index (χ3v) is 3.08. The Bertz CT molecular complexity index is 225. The first-order chi connectivity index (χ1) is 6.96. The predicted molar refractivity (Wildman–Crippen MR) is 70.0 cm³/mol. The van der Waals surface area contributed by atoms with Gasteiger partial charge in [0.2, 0.25) is 5.91 Å². The first-order valence-corrected chi connectivity index (χ1v) is 5.96. The van der Waals surface area contributed by atoms with Gasteiger partial charge in [-0.05, 0) is 38.6 Å². The topological polar surface area (TPSA) is 32.3 Å². The van der Waals surface area contributed by atoms with Crippen molar-refractivity contribution in [3.63, 3.8) is 0 Å². The van der Waals surface area contributed by atoms with E-state index in [0.717, 1.165) is 25.9 Å². The highest BCUT2D eigenvalue weighted by Crippen LogP contribution is 2.21. The van der Waals surface area contributed by atoms with E-state index in [1.54, 1.807) is 0 Å². The molecule has 0 aromatic carbocycles. The highest BCUT2D eigenvalue weighted by atomic mass is 35.5. The molecular weight excluding hydrogens is 224 g/mol. The van der Waals surface area contributed by atoms with Crippen LogP contribution in [0.3, 0.4) is 0 Å². The molecule has 1 amide bonds. The van der Waals surface area contributed by atoms with Crippen LogP contribution in [0.1, 0.15) is 40.0 Å². The maximum Gasteiger partial charge on any atom is 0.242 e. The van der Waals surface area contributed by atoms with Gasteiger partial charge in [-0.25, -0.2) is 0 Å². The summed E-state index contributed by atoms with van der Waals surface area (Å²) in [6.07, 6.45) is 3.32. The van der Waals surface area contributed by atoms with Crippen LogP contribution in [0, 0.1) is 5.92 Å². The van der Waals surface area contributed by atoms with Gasteiger partial charge in [0.15, 0.2) is 0 Å². The van der Waals surface area contributed by atoms with Crippen LogP contribution in [0.5, 0.6) is 0 Å². The third-order valence-electron chi connectivity index (χ3n) is 3.08. The van der Waals surface area contributed by atoms with Crippen molar-refractivity contribution in [1.29, 1.82) is 0 Å². The molecule has 1 atom stereocenters. The molecule has 0 bridgehead atoms. The van der Waals surface area contributed by atoms with Gasteiger partial charge in [-0.15, -0.1) is 12.4 Å². The molecule has 1 aliphatic heterocycles. The van der Waals surface area contributed by atoms with Crippen LogP contribution in [0.2, 0.25) is 0 Å². The fourth-order valence-electron chi connectivity index (χ4n) is 2.29. The lowest BCUT2D eigenvalue weighted by molar-refractivity contribution is -0.137. The molecule has 0 aromatic heterocycles. The Morgan fingerprint density at radius 1 is 1.44 bits per heavy atom. The quantitative estimate of drug-likeness (QED) is 0.829. The van der Waals surface area contributed by atoms with Gasteiger partial charge < -0.3 is 10.2 Å². The molecular formula is C12H25ClN2O. The SMILES string of the molecule is CC(C)CN(C)C(=O)C1(C)CCCCN1.Cl. The minimum Gasteiger partial charge on any atom is -0.344 e. The van der Waals surface area contributed by atoms with E-state index in [1.165, 1.54) is 6.42 Å². The fourth-order valence-corrected chi connectivity index (χ4v) is 2.29. The van der Waals surface area contributed by atoms with E-state index in [0.29, 0.717) is 5.92 Å². The van der Waals surface area contributed by atoms with E-state index < -0.39 is 0 Å². The van der Waals surface area contributed by atoms with E-state index in [1.807, 2.05) is 18.9 Å². The molecule has 1 rings (SSSR count). The minimum atomic E-state index is -0.318. The first kappa shape index (κ1) is 15.7. The Morgan fingerprint density at radius 2 is 2.06 bits per heavy atom. The van der Waals surface area contributed by atoms with Crippen LogP contribution in [-0.4, -0.2) is 36.5 Å². The molecule has 1 N–H and O–H groups in total. The fraction of sp³-hybridized carbons (Fsp3) is 0.917. The Morgan fingerprint density at radius 3 is 2.50 bits per heavy atom. The highest BCUT2D eigenvalue weighted by molar-refractivity contribution is 5.86. The Balaban J connectivity index is 0.00000225. The summed E-state index contributed by atoms with van der Waals surface area (Å²) >= 11 is 0. The van der Waals surface area contributed by atoms with Crippen molar-refractivity contribution in [3.8, 4) is 0 Å². The maximum atomic E-state index is 12.2. The van der Waals surface area contributed by atoms with Crippen molar-refractivity contribution in [1.82, 2.24) is 10.2 Å². The zero-order chi connectivity index (χ0) is 11.5. The average molecular weight is 249 g/mol. The molecule has 0 radical (unpaired) electrons. The standard InChI is InChI=1S/C12H24N2O.ClH/c1-10(2)9-14(4)11(15)12(3)7-5-6-8-13-12;/h10,13H,5-9H2,1-4H3;1H. The minimum absolute atomic E-state index is 0. The van der Waals surface area contributed by atoms with Crippen LogP contribution >= 0.6 is 12.4 Å². The zero-order valence-electron chi connectivity index (χ0n) is 10.9. The number of nitrogens with one attached hydrogen (secondary N) is 1. The highest BCUT2D eigenvalue weighted by Gasteiger charge is 2.36. The molecule has 96 valence electrons. The predicted octanol–water partition coefficient (Wildman–Crippen LogP) is 2.05. The molecule has 0 saturated carbocycles. The summed E-state index contributed by atoms with van der Waals surface area (Å²) in [4.78, 5) is 14.1. The van der Waals surface area contributed by atoms with Crippen LogP contribution in [0.4, 0.5) is 0 Å². The molecule has 0 aliphatic carbocycles. The number of likely N-dealkylation sites (N-methyl/N-ethyl adjacent to an activating group) is 1. The first-order valence-electron chi connectivity index (χ1n) is 5.96. The molecule has 1 heterocycles. The largest absolute Gasteiger partial charge is 0.344 e. The van der Waals surface area contributed by atoms with Crippen molar-refractivity contribution < 1.29 is 4.79 Å². The molecule has 0 spiro atoms. The van der Waals surface area contributed by atoms with Gasteiger partial charge in [-0.2, -0.15) is 0 Å². The van der Waals surface area contributed by atoms with Crippen molar-refractivity contribution in [3.05, 3.63) is 0 Å². The van der Waals surface area contributed by atoms with Crippen LogP contribution in [0.15, 0.2) is 0 Å². The zero-order valence-corrected chi connectivity index (χ0v) is 11.7. The summed E-state index contributed by atoms with van der Waals surface area (Å²) in [6.45, 7) is 8.13. The van der Waals surface area contributed by atoms with E-state index in [9.17, 15) is 4.79 Å². The molecule has 16 heavy (non-hydrogen) atoms. The smallest absolute Gasteiger partial charge is 0.242 e. The normalized spacial score (nSPS) is 25.1. The number of rotatable bonds is 3. The van der Waals surface area contributed by atoms with Gasteiger partial charge in [-0.1, -0.05) is 13.8 Å². The molecule has 3 nitrogen and oxygen atoms in total. The third kappa shape index (κ3) is 3.95. The van der Waals surface area contributed by atoms with Crippen molar-refractivity contribution in [2.45, 2.75) is 45.6 Å². The summed E-state index contributed by atoms with van der Waals surface area (Å²) < 4.78 is 0. The number of hydrogen-bond donors (Lipinski definition) is 1. The molecule has 1 saturated heterocycles. The Kier molecular flexibility index (Phi) is 6.34.